The molecule has 1 unspecified atom stereocenters. The minimum absolute atomic E-state index is 0.0695. The van der Waals surface area contributed by atoms with Gasteiger partial charge in [-0.05, 0) is 31.0 Å². The van der Waals surface area contributed by atoms with Crippen molar-refractivity contribution in [2.45, 2.75) is 19.4 Å². The molecule has 5 heteroatoms. The number of halogens is 1. The fraction of sp³-hybridized carbons (Fsp3) is 0.214. The van der Waals surface area contributed by atoms with E-state index in [2.05, 4.69) is 15.3 Å². The van der Waals surface area contributed by atoms with Gasteiger partial charge in [-0.1, -0.05) is 12.1 Å². The van der Waals surface area contributed by atoms with Crippen molar-refractivity contribution in [3.63, 3.8) is 0 Å². The van der Waals surface area contributed by atoms with Crippen LogP contribution >= 0.6 is 0 Å². The minimum atomic E-state index is -0.264. The highest BCUT2D eigenvalue weighted by atomic mass is 19.1. The molecule has 0 spiro atoms. The van der Waals surface area contributed by atoms with Crippen molar-refractivity contribution in [3.8, 4) is 0 Å². The molecule has 1 amide bonds. The van der Waals surface area contributed by atoms with Crippen LogP contribution in [0.25, 0.3) is 0 Å². The van der Waals surface area contributed by atoms with Gasteiger partial charge in [-0.25, -0.2) is 9.37 Å². The molecule has 1 atom stereocenters. The first-order valence-electron chi connectivity index (χ1n) is 5.96. The Balaban J connectivity index is 1.92. The van der Waals surface area contributed by atoms with Gasteiger partial charge in [-0.2, -0.15) is 0 Å². The highest BCUT2D eigenvalue weighted by Crippen LogP contribution is 2.06. The van der Waals surface area contributed by atoms with E-state index in [0.717, 1.165) is 5.56 Å². The van der Waals surface area contributed by atoms with E-state index in [4.69, 9.17) is 0 Å². The highest BCUT2D eigenvalue weighted by Gasteiger charge is 2.11. The van der Waals surface area contributed by atoms with Crippen LogP contribution in [0.5, 0.6) is 0 Å². The molecule has 1 aromatic heterocycles. The summed E-state index contributed by atoms with van der Waals surface area (Å²) >= 11 is 0. The van der Waals surface area contributed by atoms with Gasteiger partial charge in [-0.3, -0.25) is 9.78 Å². The van der Waals surface area contributed by atoms with Gasteiger partial charge in [0.25, 0.3) is 5.91 Å². The van der Waals surface area contributed by atoms with Crippen molar-refractivity contribution in [2.24, 2.45) is 0 Å². The first-order valence-corrected chi connectivity index (χ1v) is 5.96. The first-order chi connectivity index (χ1) is 9.15. The van der Waals surface area contributed by atoms with E-state index in [-0.39, 0.29) is 23.5 Å². The molecule has 1 heterocycles. The van der Waals surface area contributed by atoms with Crippen molar-refractivity contribution >= 4 is 5.91 Å². The van der Waals surface area contributed by atoms with Gasteiger partial charge in [0, 0.05) is 18.4 Å². The van der Waals surface area contributed by atoms with Crippen molar-refractivity contribution in [3.05, 3.63) is 59.9 Å². The number of hydrogen-bond donors (Lipinski definition) is 1. The van der Waals surface area contributed by atoms with Crippen LogP contribution < -0.4 is 5.32 Å². The van der Waals surface area contributed by atoms with E-state index in [1.165, 1.54) is 30.7 Å². The largest absolute Gasteiger partial charge is 0.348 e. The monoisotopic (exact) mass is 259 g/mol. The van der Waals surface area contributed by atoms with Crippen molar-refractivity contribution < 1.29 is 9.18 Å². The molecular formula is C14H14FN3O. The second-order valence-electron chi connectivity index (χ2n) is 4.30. The molecule has 2 aromatic rings. The zero-order valence-electron chi connectivity index (χ0n) is 10.5. The number of nitrogens with one attached hydrogen (secondary N) is 1. The highest BCUT2D eigenvalue weighted by molar-refractivity contribution is 5.92. The fourth-order valence-electron chi connectivity index (χ4n) is 1.74. The summed E-state index contributed by atoms with van der Waals surface area (Å²) in [5.74, 6) is -0.525. The molecule has 0 radical (unpaired) electrons. The van der Waals surface area contributed by atoms with Crippen LogP contribution in [-0.2, 0) is 6.42 Å². The van der Waals surface area contributed by atoms with E-state index in [1.807, 2.05) is 6.92 Å². The lowest BCUT2D eigenvalue weighted by molar-refractivity contribution is 0.0934. The Bertz CT molecular complexity index is 542. The molecule has 2 rings (SSSR count). The lowest BCUT2D eigenvalue weighted by Crippen LogP contribution is -2.34. The van der Waals surface area contributed by atoms with Crippen molar-refractivity contribution in [1.82, 2.24) is 15.3 Å². The Morgan fingerprint density at radius 2 is 2.05 bits per heavy atom. The predicted molar refractivity (Wildman–Crippen MR) is 69.1 cm³/mol. The van der Waals surface area contributed by atoms with Gasteiger partial charge in [0.1, 0.15) is 11.5 Å². The van der Waals surface area contributed by atoms with Crippen LogP contribution in [0.4, 0.5) is 4.39 Å². The normalized spacial score (nSPS) is 11.9. The number of amides is 1. The predicted octanol–water partition coefficient (Wildman–Crippen LogP) is 1.98. The van der Waals surface area contributed by atoms with Crippen LogP contribution in [0.3, 0.4) is 0 Å². The number of benzene rings is 1. The number of carbonyl (C=O) groups is 1. The van der Waals surface area contributed by atoms with Gasteiger partial charge in [0.2, 0.25) is 0 Å². The average Bonchev–Trinajstić information content (AvgIpc) is 2.42. The van der Waals surface area contributed by atoms with Crippen LogP contribution in [0, 0.1) is 5.82 Å². The van der Waals surface area contributed by atoms with Crippen LogP contribution in [0.2, 0.25) is 0 Å². The average molecular weight is 259 g/mol. The lowest BCUT2D eigenvalue weighted by atomic mass is 10.1. The standard InChI is InChI=1S/C14H14FN3O/c1-10(8-11-2-4-12(15)5-3-11)18-14(19)13-9-16-6-7-17-13/h2-7,9-10H,8H2,1H3,(H,18,19). The summed E-state index contributed by atoms with van der Waals surface area (Å²) in [5, 5.41) is 2.82. The Morgan fingerprint density at radius 3 is 2.68 bits per heavy atom. The quantitative estimate of drug-likeness (QED) is 0.913. The number of carbonyl (C=O) groups excluding carboxylic acids is 1. The fourth-order valence-corrected chi connectivity index (χ4v) is 1.74. The molecule has 0 aliphatic rings. The molecule has 0 fully saturated rings. The maximum absolute atomic E-state index is 12.8. The molecule has 0 saturated carbocycles. The van der Waals surface area contributed by atoms with Gasteiger partial charge >= 0.3 is 0 Å². The third kappa shape index (κ3) is 3.84. The minimum Gasteiger partial charge on any atom is -0.348 e. The second-order valence-corrected chi connectivity index (χ2v) is 4.30. The molecule has 1 aromatic carbocycles. The van der Waals surface area contributed by atoms with Gasteiger partial charge < -0.3 is 5.32 Å². The van der Waals surface area contributed by atoms with Gasteiger partial charge in [0.05, 0.1) is 6.20 Å². The Labute approximate surface area is 110 Å². The maximum Gasteiger partial charge on any atom is 0.271 e. The molecule has 1 N–H and O–H groups in total. The SMILES string of the molecule is CC(Cc1ccc(F)cc1)NC(=O)c1cnccn1. The van der Waals surface area contributed by atoms with E-state index < -0.39 is 0 Å². The van der Waals surface area contributed by atoms with Crippen molar-refractivity contribution in [2.75, 3.05) is 0 Å². The van der Waals surface area contributed by atoms with E-state index in [1.54, 1.807) is 12.1 Å². The van der Waals surface area contributed by atoms with E-state index in [9.17, 15) is 9.18 Å². The molecule has 19 heavy (non-hydrogen) atoms. The van der Waals surface area contributed by atoms with E-state index >= 15 is 0 Å². The Hall–Kier alpha value is -2.30. The summed E-state index contributed by atoms with van der Waals surface area (Å²) in [7, 11) is 0. The van der Waals surface area contributed by atoms with Gasteiger partial charge in [-0.15, -0.1) is 0 Å². The van der Waals surface area contributed by atoms with Gasteiger partial charge in [0.15, 0.2) is 0 Å². The first kappa shape index (κ1) is 13.1. The third-order valence-electron chi connectivity index (χ3n) is 2.63. The Morgan fingerprint density at radius 1 is 1.32 bits per heavy atom. The smallest absolute Gasteiger partial charge is 0.271 e. The number of aromatic nitrogens is 2. The number of rotatable bonds is 4. The maximum atomic E-state index is 12.8. The van der Waals surface area contributed by atoms with Crippen LogP contribution in [0.15, 0.2) is 42.9 Å². The van der Waals surface area contributed by atoms with E-state index in [0.29, 0.717) is 6.42 Å². The Kier molecular flexibility index (Phi) is 4.18. The molecular weight excluding hydrogens is 245 g/mol. The summed E-state index contributed by atoms with van der Waals surface area (Å²) in [4.78, 5) is 19.6. The van der Waals surface area contributed by atoms with Crippen LogP contribution in [0.1, 0.15) is 23.0 Å². The summed E-state index contributed by atoms with van der Waals surface area (Å²) in [6.07, 6.45) is 5.03. The molecule has 0 aliphatic carbocycles. The summed E-state index contributed by atoms with van der Waals surface area (Å²) in [5.41, 5.74) is 1.25. The summed E-state index contributed by atoms with van der Waals surface area (Å²) in [6.45, 7) is 1.89. The molecule has 0 bridgehead atoms. The summed E-state index contributed by atoms with van der Waals surface area (Å²) < 4.78 is 12.8. The molecule has 0 aliphatic heterocycles. The summed E-state index contributed by atoms with van der Waals surface area (Å²) in [6, 6.07) is 6.17. The third-order valence-corrected chi connectivity index (χ3v) is 2.63. The molecule has 98 valence electrons. The zero-order chi connectivity index (χ0) is 13.7. The number of hydrogen-bond acceptors (Lipinski definition) is 3. The topological polar surface area (TPSA) is 54.9 Å². The van der Waals surface area contributed by atoms with Crippen molar-refractivity contribution in [1.29, 1.82) is 0 Å². The second kappa shape index (κ2) is 6.04. The number of nitrogens with zero attached hydrogens (tertiary/aromatic N) is 2. The molecule has 0 saturated heterocycles. The lowest BCUT2D eigenvalue weighted by Gasteiger charge is -2.13. The zero-order valence-corrected chi connectivity index (χ0v) is 10.5. The molecule has 4 nitrogen and oxygen atoms in total. The van der Waals surface area contributed by atoms with Crippen LogP contribution in [-0.4, -0.2) is 21.9 Å².